The smallest absolute Gasteiger partial charge is 0.321 e. The largest absolute Gasteiger partial charge is 0.480 e. The van der Waals surface area contributed by atoms with E-state index in [2.05, 4.69) is 4.72 Å². The van der Waals surface area contributed by atoms with Crippen LogP contribution >= 0.6 is 11.8 Å². The van der Waals surface area contributed by atoms with Gasteiger partial charge in [-0.15, -0.1) is 0 Å². The Bertz CT molecular complexity index is 337. The van der Waals surface area contributed by atoms with Crippen molar-refractivity contribution in [2.75, 3.05) is 17.8 Å². The van der Waals surface area contributed by atoms with Crippen LogP contribution < -0.4 is 4.72 Å². The molecule has 7 heteroatoms. The third-order valence-electron chi connectivity index (χ3n) is 2.38. The van der Waals surface area contributed by atoms with Crippen LogP contribution in [0.4, 0.5) is 0 Å². The first-order valence-electron chi connectivity index (χ1n) is 5.16. The van der Waals surface area contributed by atoms with Crippen LogP contribution in [0.2, 0.25) is 0 Å². The number of carboxylic acids is 1. The van der Waals surface area contributed by atoms with Gasteiger partial charge in [0.15, 0.2) is 0 Å². The summed E-state index contributed by atoms with van der Waals surface area (Å²) < 4.78 is 25.4. The molecule has 0 aromatic rings. The van der Waals surface area contributed by atoms with E-state index >= 15 is 0 Å². The first-order chi connectivity index (χ1) is 7.44. The standard InChI is InChI=1S/C9H17NO4S2/c1-15-5-4-8(9(11)12)10-16(13,14)6-7-2-3-7/h7-8,10H,2-6H2,1H3,(H,11,12). The van der Waals surface area contributed by atoms with Crippen LogP contribution in [-0.4, -0.2) is 43.3 Å². The molecule has 0 amide bonds. The maximum atomic E-state index is 11.6. The molecule has 1 unspecified atom stereocenters. The highest BCUT2D eigenvalue weighted by Gasteiger charge is 2.30. The summed E-state index contributed by atoms with van der Waals surface area (Å²) in [6.45, 7) is 0. The van der Waals surface area contributed by atoms with E-state index in [-0.39, 0.29) is 11.7 Å². The summed E-state index contributed by atoms with van der Waals surface area (Å²) >= 11 is 1.50. The van der Waals surface area contributed by atoms with Crippen molar-refractivity contribution in [1.82, 2.24) is 4.72 Å². The highest BCUT2D eigenvalue weighted by atomic mass is 32.2. The lowest BCUT2D eigenvalue weighted by atomic mass is 10.2. The summed E-state index contributed by atoms with van der Waals surface area (Å²) in [6.07, 6.45) is 4.05. The van der Waals surface area contributed by atoms with E-state index in [4.69, 9.17) is 5.11 Å². The highest BCUT2D eigenvalue weighted by molar-refractivity contribution is 7.98. The molecule has 0 heterocycles. The Balaban J connectivity index is 2.48. The molecule has 1 saturated carbocycles. The third kappa shape index (κ3) is 5.18. The molecule has 0 aromatic heterocycles. The minimum atomic E-state index is -3.43. The van der Waals surface area contributed by atoms with Gasteiger partial charge in [-0.05, 0) is 37.2 Å². The molecule has 16 heavy (non-hydrogen) atoms. The van der Waals surface area contributed by atoms with E-state index in [0.717, 1.165) is 12.8 Å². The van der Waals surface area contributed by atoms with Gasteiger partial charge in [-0.2, -0.15) is 11.8 Å². The third-order valence-corrected chi connectivity index (χ3v) is 4.58. The van der Waals surface area contributed by atoms with E-state index < -0.39 is 22.0 Å². The van der Waals surface area contributed by atoms with Crippen LogP contribution in [0.25, 0.3) is 0 Å². The number of thioether (sulfide) groups is 1. The number of aliphatic carboxylic acids is 1. The predicted molar refractivity (Wildman–Crippen MR) is 64.1 cm³/mol. The number of rotatable bonds is 8. The maximum Gasteiger partial charge on any atom is 0.321 e. The van der Waals surface area contributed by atoms with Crippen molar-refractivity contribution in [2.45, 2.75) is 25.3 Å². The number of hydrogen-bond acceptors (Lipinski definition) is 4. The van der Waals surface area contributed by atoms with Gasteiger partial charge in [0, 0.05) is 0 Å². The normalized spacial score (nSPS) is 18.3. The zero-order valence-corrected chi connectivity index (χ0v) is 10.8. The first-order valence-corrected chi connectivity index (χ1v) is 8.21. The van der Waals surface area contributed by atoms with Gasteiger partial charge in [0.2, 0.25) is 10.0 Å². The summed E-state index contributed by atoms with van der Waals surface area (Å²) in [5.74, 6) is -0.181. The highest BCUT2D eigenvalue weighted by Crippen LogP contribution is 2.30. The summed E-state index contributed by atoms with van der Waals surface area (Å²) in [5.41, 5.74) is 0. The fourth-order valence-electron chi connectivity index (χ4n) is 1.33. The maximum absolute atomic E-state index is 11.6. The molecule has 1 rings (SSSR count). The van der Waals surface area contributed by atoms with Gasteiger partial charge in [-0.25, -0.2) is 13.1 Å². The van der Waals surface area contributed by atoms with Crippen molar-refractivity contribution in [2.24, 2.45) is 5.92 Å². The summed E-state index contributed by atoms with van der Waals surface area (Å²) in [4.78, 5) is 10.8. The molecular weight excluding hydrogens is 250 g/mol. The SMILES string of the molecule is CSCCC(NS(=O)(=O)CC1CC1)C(=O)O. The van der Waals surface area contributed by atoms with Crippen molar-refractivity contribution in [3.63, 3.8) is 0 Å². The number of nitrogens with one attached hydrogen (secondary N) is 1. The monoisotopic (exact) mass is 267 g/mol. The molecule has 1 atom stereocenters. The number of carbonyl (C=O) groups is 1. The van der Waals surface area contributed by atoms with Crippen molar-refractivity contribution >= 4 is 27.8 Å². The molecule has 0 saturated heterocycles. The van der Waals surface area contributed by atoms with Gasteiger partial charge in [0.05, 0.1) is 5.75 Å². The lowest BCUT2D eigenvalue weighted by Gasteiger charge is -2.13. The summed E-state index contributed by atoms with van der Waals surface area (Å²) in [7, 11) is -3.43. The van der Waals surface area contributed by atoms with Gasteiger partial charge in [0.1, 0.15) is 6.04 Å². The van der Waals surface area contributed by atoms with E-state index in [1.165, 1.54) is 11.8 Å². The molecule has 0 aliphatic heterocycles. The van der Waals surface area contributed by atoms with Crippen molar-refractivity contribution in [3.8, 4) is 0 Å². The van der Waals surface area contributed by atoms with E-state index in [0.29, 0.717) is 12.2 Å². The molecule has 0 bridgehead atoms. The van der Waals surface area contributed by atoms with Gasteiger partial charge < -0.3 is 5.11 Å². The van der Waals surface area contributed by atoms with Gasteiger partial charge in [-0.1, -0.05) is 0 Å². The van der Waals surface area contributed by atoms with Crippen molar-refractivity contribution in [3.05, 3.63) is 0 Å². The minimum absolute atomic E-state index is 0.0655. The molecule has 0 radical (unpaired) electrons. The Morgan fingerprint density at radius 1 is 1.56 bits per heavy atom. The molecular formula is C9H17NO4S2. The van der Waals surface area contributed by atoms with Crippen molar-refractivity contribution in [1.29, 1.82) is 0 Å². The van der Waals surface area contributed by atoms with Crippen LogP contribution in [0.3, 0.4) is 0 Å². The second-order valence-corrected chi connectivity index (χ2v) is 6.80. The molecule has 0 spiro atoms. The average Bonchev–Trinajstić information content (AvgIpc) is 2.94. The Kier molecular flexibility index (Phi) is 5.07. The van der Waals surface area contributed by atoms with E-state index in [9.17, 15) is 13.2 Å². The Morgan fingerprint density at radius 2 is 2.19 bits per heavy atom. The van der Waals surface area contributed by atoms with Crippen LogP contribution in [0.1, 0.15) is 19.3 Å². The molecule has 94 valence electrons. The Hall–Kier alpha value is -0.270. The lowest BCUT2D eigenvalue weighted by molar-refractivity contribution is -0.139. The topological polar surface area (TPSA) is 83.5 Å². The number of sulfonamides is 1. The van der Waals surface area contributed by atoms with Crippen LogP contribution in [0, 0.1) is 5.92 Å². The molecule has 1 aliphatic carbocycles. The second kappa shape index (κ2) is 5.88. The van der Waals surface area contributed by atoms with Gasteiger partial charge in [-0.3, -0.25) is 4.79 Å². The predicted octanol–water partition coefficient (Wildman–Crippen LogP) is 0.522. The minimum Gasteiger partial charge on any atom is -0.480 e. The van der Waals surface area contributed by atoms with E-state index in [1.807, 2.05) is 6.26 Å². The number of carboxylic acid groups (broad SMARTS) is 1. The molecule has 2 N–H and O–H groups in total. The molecule has 0 aromatic carbocycles. The zero-order chi connectivity index (χ0) is 12.2. The van der Waals surface area contributed by atoms with Gasteiger partial charge >= 0.3 is 5.97 Å². The second-order valence-electron chi connectivity index (χ2n) is 4.01. The average molecular weight is 267 g/mol. The first kappa shape index (κ1) is 13.8. The van der Waals surface area contributed by atoms with Gasteiger partial charge in [0.25, 0.3) is 0 Å². The molecule has 5 nitrogen and oxygen atoms in total. The zero-order valence-electron chi connectivity index (χ0n) is 9.18. The lowest BCUT2D eigenvalue weighted by Crippen LogP contribution is -2.42. The van der Waals surface area contributed by atoms with E-state index in [1.54, 1.807) is 0 Å². The number of hydrogen-bond donors (Lipinski definition) is 2. The quantitative estimate of drug-likeness (QED) is 0.670. The summed E-state index contributed by atoms with van der Waals surface area (Å²) in [5, 5.41) is 8.88. The van der Waals surface area contributed by atoms with Crippen LogP contribution in [0.15, 0.2) is 0 Å². The Labute approximate surface area is 100 Å². The Morgan fingerprint density at radius 3 is 2.62 bits per heavy atom. The van der Waals surface area contributed by atoms with Crippen molar-refractivity contribution < 1.29 is 18.3 Å². The van der Waals surface area contributed by atoms with Crippen LogP contribution in [0.5, 0.6) is 0 Å². The fourth-order valence-corrected chi connectivity index (χ4v) is 3.50. The molecule has 1 fully saturated rings. The molecule has 1 aliphatic rings. The van der Waals surface area contributed by atoms with Crippen LogP contribution in [-0.2, 0) is 14.8 Å². The fraction of sp³-hybridized carbons (Fsp3) is 0.889. The summed E-state index contributed by atoms with van der Waals surface area (Å²) in [6, 6.07) is -0.990.